The van der Waals surface area contributed by atoms with E-state index in [-0.39, 0.29) is 5.75 Å². The highest BCUT2D eigenvalue weighted by atomic mass is 35.5. The van der Waals surface area contributed by atoms with Gasteiger partial charge in [0.15, 0.2) is 11.5 Å². The molecule has 5 rings (SSSR count). The molecule has 0 saturated carbocycles. The molecule has 1 heterocycles. The number of hydrazone groups is 1. The molecule has 0 radical (unpaired) electrons. The van der Waals surface area contributed by atoms with E-state index in [2.05, 4.69) is 22.4 Å². The van der Waals surface area contributed by atoms with Crippen LogP contribution in [0.1, 0.15) is 38.9 Å². The number of aryl methyl sites for hydroxylation is 1. The molecule has 4 aromatic carbocycles. The van der Waals surface area contributed by atoms with Crippen molar-refractivity contribution in [2.24, 2.45) is 5.10 Å². The number of aromatic nitrogens is 1. The number of nitrogens with zero attached hydrogens (tertiary/aromatic N) is 1. The standard InChI is InChI=1S/C33H28ClN3O5/c1-4-21-9-8-13-25-29(24-12-5-6-14-26(24)34)31(36-30(21)25)32(38)37-35-19-20-15-16-27(28(17-20)41-3)42-33(39)22-10-7-11-23(18-22)40-2/h5-19,36H,4H2,1-3H3,(H,37,38). The normalized spacial score (nSPS) is 11.0. The first-order chi connectivity index (χ1) is 20.4. The van der Waals surface area contributed by atoms with Crippen molar-refractivity contribution in [3.63, 3.8) is 0 Å². The third kappa shape index (κ3) is 5.84. The lowest BCUT2D eigenvalue weighted by Gasteiger charge is -2.10. The second kappa shape index (κ2) is 12.6. The molecule has 0 unspecified atom stereocenters. The number of carbonyl (C=O) groups is 2. The van der Waals surface area contributed by atoms with E-state index in [1.807, 2.05) is 36.4 Å². The summed E-state index contributed by atoms with van der Waals surface area (Å²) in [7, 11) is 2.99. The summed E-state index contributed by atoms with van der Waals surface area (Å²) in [6.07, 6.45) is 2.27. The number of rotatable bonds is 9. The van der Waals surface area contributed by atoms with E-state index in [9.17, 15) is 9.59 Å². The predicted molar refractivity (Wildman–Crippen MR) is 164 cm³/mol. The maximum Gasteiger partial charge on any atom is 0.343 e. The van der Waals surface area contributed by atoms with Gasteiger partial charge in [-0.15, -0.1) is 0 Å². The zero-order chi connectivity index (χ0) is 29.6. The second-order valence-electron chi connectivity index (χ2n) is 9.28. The molecule has 5 aromatic rings. The number of H-pyrrole nitrogens is 1. The van der Waals surface area contributed by atoms with Crippen molar-refractivity contribution in [3.05, 3.63) is 112 Å². The van der Waals surface area contributed by atoms with E-state index in [0.717, 1.165) is 28.5 Å². The Balaban J connectivity index is 1.37. The number of ether oxygens (including phenoxy) is 3. The average Bonchev–Trinajstić information content (AvgIpc) is 3.41. The van der Waals surface area contributed by atoms with E-state index in [0.29, 0.717) is 38.9 Å². The summed E-state index contributed by atoms with van der Waals surface area (Å²) in [5, 5.41) is 5.61. The van der Waals surface area contributed by atoms with Crippen LogP contribution in [0.2, 0.25) is 5.02 Å². The largest absolute Gasteiger partial charge is 0.497 e. The average molecular weight is 582 g/mol. The Hall–Kier alpha value is -5.08. The van der Waals surface area contributed by atoms with Gasteiger partial charge in [0.05, 0.1) is 26.0 Å². The number of amides is 1. The smallest absolute Gasteiger partial charge is 0.343 e. The number of esters is 1. The number of nitrogens with one attached hydrogen (secondary N) is 2. The van der Waals surface area contributed by atoms with Gasteiger partial charge in [-0.2, -0.15) is 5.10 Å². The van der Waals surface area contributed by atoms with Crippen molar-refractivity contribution in [3.8, 4) is 28.4 Å². The van der Waals surface area contributed by atoms with Crippen molar-refractivity contribution < 1.29 is 23.8 Å². The number of hydrogen-bond donors (Lipinski definition) is 2. The number of fused-ring (bicyclic) bond motifs is 1. The number of para-hydroxylation sites is 1. The van der Waals surface area contributed by atoms with Gasteiger partial charge in [0.2, 0.25) is 0 Å². The summed E-state index contributed by atoms with van der Waals surface area (Å²) in [6, 6.07) is 25.0. The first-order valence-electron chi connectivity index (χ1n) is 13.2. The third-order valence-corrected chi connectivity index (χ3v) is 7.08. The fraction of sp³-hybridized carbons (Fsp3) is 0.121. The van der Waals surface area contributed by atoms with Crippen molar-refractivity contribution in [1.29, 1.82) is 0 Å². The van der Waals surface area contributed by atoms with Crippen LogP contribution in [-0.4, -0.2) is 37.3 Å². The number of aromatic amines is 1. The Morgan fingerprint density at radius 1 is 0.929 bits per heavy atom. The van der Waals surface area contributed by atoms with Crippen LogP contribution < -0.4 is 19.6 Å². The quantitative estimate of drug-likeness (QED) is 0.0840. The van der Waals surface area contributed by atoms with Gasteiger partial charge in [-0.25, -0.2) is 10.2 Å². The molecule has 9 heteroatoms. The maximum absolute atomic E-state index is 13.4. The summed E-state index contributed by atoms with van der Waals surface area (Å²) in [5.41, 5.74) is 7.34. The number of halogens is 1. The SMILES string of the molecule is CCc1cccc2c(-c3ccccc3Cl)c(C(=O)NN=Cc3ccc(OC(=O)c4cccc(OC)c4)c(OC)c3)[nH]c12. The lowest BCUT2D eigenvalue weighted by atomic mass is 9.99. The van der Waals surface area contributed by atoms with Gasteiger partial charge in [-0.05, 0) is 60.0 Å². The lowest BCUT2D eigenvalue weighted by Crippen LogP contribution is -2.19. The number of benzene rings is 4. The van der Waals surface area contributed by atoms with Gasteiger partial charge in [-0.3, -0.25) is 4.79 Å². The summed E-state index contributed by atoms with van der Waals surface area (Å²) in [4.78, 5) is 29.4. The second-order valence-corrected chi connectivity index (χ2v) is 9.69. The fourth-order valence-electron chi connectivity index (χ4n) is 4.67. The summed E-state index contributed by atoms with van der Waals surface area (Å²) >= 11 is 6.55. The number of carbonyl (C=O) groups excluding carboxylic acids is 2. The number of hydrogen-bond acceptors (Lipinski definition) is 6. The van der Waals surface area contributed by atoms with Crippen molar-refractivity contribution in [2.75, 3.05) is 14.2 Å². The lowest BCUT2D eigenvalue weighted by molar-refractivity contribution is 0.0729. The molecule has 0 atom stereocenters. The molecule has 0 aliphatic rings. The van der Waals surface area contributed by atoms with Crippen LogP contribution in [0.15, 0.2) is 90.0 Å². The monoisotopic (exact) mass is 581 g/mol. The highest BCUT2D eigenvalue weighted by Crippen LogP contribution is 2.37. The Morgan fingerprint density at radius 3 is 2.50 bits per heavy atom. The molecule has 1 aromatic heterocycles. The Bertz CT molecular complexity index is 1810. The zero-order valence-corrected chi connectivity index (χ0v) is 24.0. The Morgan fingerprint density at radius 2 is 1.74 bits per heavy atom. The molecule has 42 heavy (non-hydrogen) atoms. The fourth-order valence-corrected chi connectivity index (χ4v) is 4.90. The maximum atomic E-state index is 13.4. The van der Waals surface area contributed by atoms with Crippen LogP contribution in [-0.2, 0) is 6.42 Å². The van der Waals surface area contributed by atoms with Crippen LogP contribution in [0.3, 0.4) is 0 Å². The molecular formula is C33H28ClN3O5. The highest BCUT2D eigenvalue weighted by molar-refractivity contribution is 6.34. The van der Waals surface area contributed by atoms with Gasteiger partial charge in [0, 0.05) is 27.1 Å². The van der Waals surface area contributed by atoms with Crippen LogP contribution in [0, 0.1) is 0 Å². The van der Waals surface area contributed by atoms with Crippen LogP contribution in [0.25, 0.3) is 22.0 Å². The van der Waals surface area contributed by atoms with E-state index < -0.39 is 11.9 Å². The molecule has 1 amide bonds. The molecule has 0 aliphatic carbocycles. The molecule has 0 bridgehead atoms. The van der Waals surface area contributed by atoms with Crippen molar-refractivity contribution in [1.82, 2.24) is 10.4 Å². The minimum absolute atomic E-state index is 0.237. The van der Waals surface area contributed by atoms with Gasteiger partial charge >= 0.3 is 5.97 Å². The van der Waals surface area contributed by atoms with Gasteiger partial charge in [0.25, 0.3) is 5.91 Å². The van der Waals surface area contributed by atoms with E-state index in [1.165, 1.54) is 20.4 Å². The molecule has 0 aliphatic heterocycles. The Kier molecular flexibility index (Phi) is 8.55. The first kappa shape index (κ1) is 28.4. The minimum Gasteiger partial charge on any atom is -0.497 e. The van der Waals surface area contributed by atoms with Gasteiger partial charge in [0.1, 0.15) is 11.4 Å². The van der Waals surface area contributed by atoms with E-state index >= 15 is 0 Å². The predicted octanol–water partition coefficient (Wildman–Crippen LogP) is 7.05. The molecule has 0 fully saturated rings. The van der Waals surface area contributed by atoms with Crippen LogP contribution >= 0.6 is 11.6 Å². The molecular weight excluding hydrogens is 554 g/mol. The van der Waals surface area contributed by atoms with Gasteiger partial charge < -0.3 is 19.2 Å². The summed E-state index contributed by atoms with van der Waals surface area (Å²) < 4.78 is 16.1. The molecule has 8 nitrogen and oxygen atoms in total. The van der Waals surface area contributed by atoms with E-state index in [4.69, 9.17) is 25.8 Å². The van der Waals surface area contributed by atoms with E-state index in [1.54, 1.807) is 48.5 Å². The number of methoxy groups -OCH3 is 2. The molecule has 212 valence electrons. The van der Waals surface area contributed by atoms with Crippen LogP contribution in [0.5, 0.6) is 17.2 Å². The zero-order valence-electron chi connectivity index (χ0n) is 23.2. The third-order valence-electron chi connectivity index (χ3n) is 6.75. The van der Waals surface area contributed by atoms with Gasteiger partial charge in [-0.1, -0.05) is 61.0 Å². The van der Waals surface area contributed by atoms with Crippen LogP contribution in [0.4, 0.5) is 0 Å². The summed E-state index contributed by atoms with van der Waals surface area (Å²) in [6.45, 7) is 2.06. The molecule has 2 N–H and O–H groups in total. The first-order valence-corrected chi connectivity index (χ1v) is 13.6. The topological polar surface area (TPSA) is 102 Å². The van der Waals surface area contributed by atoms with Crippen molar-refractivity contribution >= 4 is 40.6 Å². The molecule has 0 spiro atoms. The molecule has 0 saturated heterocycles. The highest BCUT2D eigenvalue weighted by Gasteiger charge is 2.22. The minimum atomic E-state index is -0.556. The van der Waals surface area contributed by atoms with Crippen molar-refractivity contribution in [2.45, 2.75) is 13.3 Å². The Labute approximate surface area is 247 Å². The summed E-state index contributed by atoms with van der Waals surface area (Å²) in [5.74, 6) is 0.128.